The summed E-state index contributed by atoms with van der Waals surface area (Å²) in [6, 6.07) is 29.6. The van der Waals surface area contributed by atoms with Crippen LogP contribution in [-0.4, -0.2) is 26.4 Å². The van der Waals surface area contributed by atoms with Gasteiger partial charge in [0.05, 0.1) is 5.75 Å². The summed E-state index contributed by atoms with van der Waals surface area (Å²) in [5, 5.41) is 14.3. The predicted molar refractivity (Wildman–Crippen MR) is 140 cm³/mol. The monoisotopic (exact) mass is 498 g/mol. The molecule has 5 rings (SSSR count). The number of nitrogens with one attached hydrogen (secondary N) is 1. The summed E-state index contributed by atoms with van der Waals surface area (Å²) in [5.74, 6) is 0.170. The summed E-state index contributed by atoms with van der Waals surface area (Å²) >= 11 is 1.27. The molecule has 0 bridgehead atoms. The van der Waals surface area contributed by atoms with Crippen molar-refractivity contribution in [3.63, 3.8) is 0 Å². The number of hydrogen-bond donors (Lipinski definition) is 1. The molecule has 0 spiro atoms. The fraction of sp³-hybridized carbons (Fsp3) is 0.107. The molecule has 1 amide bonds. The molecule has 0 aliphatic heterocycles. The highest BCUT2D eigenvalue weighted by molar-refractivity contribution is 7.99. The number of rotatable bonds is 8. The highest BCUT2D eigenvalue weighted by Crippen LogP contribution is 2.29. The molecule has 1 N–H and O–H groups in total. The van der Waals surface area contributed by atoms with Crippen LogP contribution in [0.15, 0.2) is 102 Å². The van der Waals surface area contributed by atoms with Crippen molar-refractivity contribution < 1.29 is 13.9 Å². The van der Waals surface area contributed by atoms with Gasteiger partial charge in [0, 0.05) is 11.4 Å². The molecule has 36 heavy (non-hydrogen) atoms. The molecule has 5 aromatic rings. The summed E-state index contributed by atoms with van der Waals surface area (Å²) < 4.78 is 21.8. The summed E-state index contributed by atoms with van der Waals surface area (Å²) in [5.41, 5.74) is 1.55. The van der Waals surface area contributed by atoms with Crippen LogP contribution in [-0.2, 0) is 4.79 Å². The standard InChI is InChI=1S/C28H23FN4O2S/c1-19(35-25-14-8-7-13-24(25)29)27-31-32-28(33(27)23-11-3-2-4-12-23)36-18-26(34)30-22-16-15-20-9-5-6-10-21(20)17-22/h2-17,19H,18H2,1H3,(H,30,34). The van der Waals surface area contributed by atoms with Gasteiger partial charge in [0.1, 0.15) is 0 Å². The van der Waals surface area contributed by atoms with Crippen LogP contribution in [0.25, 0.3) is 16.5 Å². The van der Waals surface area contributed by atoms with Crippen LogP contribution in [0.2, 0.25) is 0 Å². The number of anilines is 1. The molecule has 180 valence electrons. The number of aromatic nitrogens is 3. The summed E-state index contributed by atoms with van der Waals surface area (Å²) in [6.07, 6.45) is -0.588. The van der Waals surface area contributed by atoms with E-state index < -0.39 is 11.9 Å². The number of halogens is 1. The molecular formula is C28H23FN4O2S. The third kappa shape index (κ3) is 5.23. The largest absolute Gasteiger partial charge is 0.480 e. The van der Waals surface area contributed by atoms with E-state index in [1.165, 1.54) is 17.8 Å². The summed E-state index contributed by atoms with van der Waals surface area (Å²) in [6.45, 7) is 1.79. The van der Waals surface area contributed by atoms with E-state index >= 15 is 0 Å². The number of thioether (sulfide) groups is 1. The van der Waals surface area contributed by atoms with E-state index in [9.17, 15) is 9.18 Å². The molecule has 1 atom stereocenters. The molecule has 1 heterocycles. The average molecular weight is 499 g/mol. The van der Waals surface area contributed by atoms with Gasteiger partial charge in [0.25, 0.3) is 0 Å². The molecule has 6 nitrogen and oxygen atoms in total. The van der Waals surface area contributed by atoms with Gasteiger partial charge in [-0.15, -0.1) is 10.2 Å². The highest BCUT2D eigenvalue weighted by Gasteiger charge is 2.22. The van der Waals surface area contributed by atoms with Gasteiger partial charge >= 0.3 is 0 Å². The van der Waals surface area contributed by atoms with Gasteiger partial charge in [-0.3, -0.25) is 9.36 Å². The number of carbonyl (C=O) groups excluding carboxylic acids is 1. The van der Waals surface area contributed by atoms with E-state index in [4.69, 9.17) is 4.74 Å². The van der Waals surface area contributed by atoms with E-state index in [0.29, 0.717) is 11.0 Å². The van der Waals surface area contributed by atoms with E-state index in [-0.39, 0.29) is 17.4 Å². The average Bonchev–Trinajstić information content (AvgIpc) is 3.33. The smallest absolute Gasteiger partial charge is 0.234 e. The minimum Gasteiger partial charge on any atom is -0.480 e. The lowest BCUT2D eigenvalue weighted by molar-refractivity contribution is -0.113. The molecule has 1 aromatic heterocycles. The van der Waals surface area contributed by atoms with Gasteiger partial charge in [-0.2, -0.15) is 0 Å². The number of nitrogens with zero attached hydrogens (tertiary/aromatic N) is 3. The van der Waals surface area contributed by atoms with Crippen LogP contribution in [0.3, 0.4) is 0 Å². The molecule has 0 aliphatic carbocycles. The molecular weight excluding hydrogens is 475 g/mol. The molecule has 0 saturated carbocycles. The normalized spacial score (nSPS) is 11.8. The molecule has 0 aliphatic rings. The van der Waals surface area contributed by atoms with Gasteiger partial charge in [0.15, 0.2) is 28.7 Å². The first-order valence-electron chi connectivity index (χ1n) is 11.4. The zero-order valence-corrected chi connectivity index (χ0v) is 20.3. The fourth-order valence-corrected chi connectivity index (χ4v) is 4.59. The molecule has 1 unspecified atom stereocenters. The molecule has 0 radical (unpaired) electrons. The van der Waals surface area contributed by atoms with Crippen LogP contribution in [0.4, 0.5) is 10.1 Å². The second-order valence-electron chi connectivity index (χ2n) is 8.10. The predicted octanol–water partition coefficient (Wildman–Crippen LogP) is 6.43. The van der Waals surface area contributed by atoms with E-state index in [0.717, 1.165) is 22.1 Å². The Kier molecular flexibility index (Phi) is 6.95. The maximum Gasteiger partial charge on any atom is 0.234 e. The lowest BCUT2D eigenvalue weighted by Crippen LogP contribution is -2.15. The van der Waals surface area contributed by atoms with Crippen LogP contribution >= 0.6 is 11.8 Å². The number of fused-ring (bicyclic) bond motifs is 1. The second-order valence-corrected chi connectivity index (χ2v) is 9.04. The number of carbonyl (C=O) groups is 1. The van der Waals surface area contributed by atoms with Crippen molar-refractivity contribution in [2.75, 3.05) is 11.1 Å². The number of para-hydroxylation sites is 2. The van der Waals surface area contributed by atoms with Crippen LogP contribution in [0.5, 0.6) is 5.75 Å². The minimum absolute atomic E-state index is 0.136. The third-order valence-electron chi connectivity index (χ3n) is 5.54. The number of hydrogen-bond acceptors (Lipinski definition) is 5. The van der Waals surface area contributed by atoms with Crippen LogP contribution in [0.1, 0.15) is 18.9 Å². The van der Waals surface area contributed by atoms with Crippen molar-refractivity contribution in [1.29, 1.82) is 0 Å². The minimum atomic E-state index is -0.588. The van der Waals surface area contributed by atoms with Crippen molar-refractivity contribution in [2.24, 2.45) is 0 Å². The Morgan fingerprint density at radius 2 is 1.67 bits per heavy atom. The number of amides is 1. The maximum absolute atomic E-state index is 14.2. The third-order valence-corrected chi connectivity index (χ3v) is 6.47. The molecule has 0 fully saturated rings. The van der Waals surface area contributed by atoms with Crippen molar-refractivity contribution in [1.82, 2.24) is 14.8 Å². The van der Waals surface area contributed by atoms with Crippen molar-refractivity contribution in [3.8, 4) is 11.4 Å². The van der Waals surface area contributed by atoms with Gasteiger partial charge < -0.3 is 10.1 Å². The van der Waals surface area contributed by atoms with Crippen LogP contribution in [0, 0.1) is 5.82 Å². The van der Waals surface area contributed by atoms with Gasteiger partial charge in [0.2, 0.25) is 5.91 Å². The first-order valence-corrected chi connectivity index (χ1v) is 12.4. The second kappa shape index (κ2) is 10.6. The van der Waals surface area contributed by atoms with Crippen molar-refractivity contribution in [2.45, 2.75) is 18.2 Å². The fourth-order valence-electron chi connectivity index (χ4n) is 3.84. The van der Waals surface area contributed by atoms with Gasteiger partial charge in [-0.25, -0.2) is 4.39 Å². The molecule has 4 aromatic carbocycles. The zero-order chi connectivity index (χ0) is 24.9. The quantitative estimate of drug-likeness (QED) is 0.250. The lowest BCUT2D eigenvalue weighted by Gasteiger charge is -2.17. The Hall–Kier alpha value is -4.17. The number of benzene rings is 4. The van der Waals surface area contributed by atoms with Crippen molar-refractivity contribution >= 4 is 34.1 Å². The van der Waals surface area contributed by atoms with Gasteiger partial charge in [-0.1, -0.05) is 72.4 Å². The Bertz CT molecular complexity index is 1510. The van der Waals surface area contributed by atoms with Gasteiger partial charge in [-0.05, 0) is 54.1 Å². The summed E-state index contributed by atoms with van der Waals surface area (Å²) in [4.78, 5) is 12.7. The van der Waals surface area contributed by atoms with E-state index in [1.54, 1.807) is 25.1 Å². The Balaban J connectivity index is 1.34. The molecule has 0 saturated heterocycles. The SMILES string of the molecule is CC(Oc1ccccc1F)c1nnc(SCC(=O)Nc2ccc3ccccc3c2)n1-c1ccccc1. The maximum atomic E-state index is 14.2. The lowest BCUT2D eigenvalue weighted by atomic mass is 10.1. The Morgan fingerprint density at radius 3 is 2.47 bits per heavy atom. The summed E-state index contributed by atoms with van der Waals surface area (Å²) in [7, 11) is 0. The Morgan fingerprint density at radius 1 is 0.944 bits per heavy atom. The van der Waals surface area contributed by atoms with E-state index in [2.05, 4.69) is 15.5 Å². The van der Waals surface area contributed by atoms with E-state index in [1.807, 2.05) is 77.4 Å². The Labute approximate surface area is 212 Å². The highest BCUT2D eigenvalue weighted by atomic mass is 32.2. The number of ether oxygens (including phenoxy) is 1. The molecule has 8 heteroatoms. The van der Waals surface area contributed by atoms with Crippen LogP contribution < -0.4 is 10.1 Å². The zero-order valence-electron chi connectivity index (χ0n) is 19.5. The topological polar surface area (TPSA) is 69.0 Å². The van der Waals surface area contributed by atoms with Crippen molar-refractivity contribution in [3.05, 3.63) is 109 Å². The first-order chi connectivity index (χ1) is 17.6. The first kappa shape index (κ1) is 23.6.